The third-order valence-electron chi connectivity index (χ3n) is 7.16. The van der Waals surface area contributed by atoms with Crippen molar-refractivity contribution < 1.29 is 4.79 Å². The lowest BCUT2D eigenvalue weighted by Gasteiger charge is -2.36. The highest BCUT2D eigenvalue weighted by Crippen LogP contribution is 2.49. The predicted molar refractivity (Wildman–Crippen MR) is 157 cm³/mol. The highest BCUT2D eigenvalue weighted by atomic mass is 32.2. The summed E-state index contributed by atoms with van der Waals surface area (Å²) < 4.78 is 0. The van der Waals surface area contributed by atoms with Crippen LogP contribution in [0.4, 0.5) is 17.1 Å². The number of hydrogen-bond donors (Lipinski definition) is 2. The maximum absolute atomic E-state index is 11.8. The Labute approximate surface area is 229 Å². The number of aromatic nitrogens is 2. The molecule has 0 radical (unpaired) electrons. The van der Waals surface area contributed by atoms with Crippen molar-refractivity contribution in [3.8, 4) is 11.1 Å². The zero-order valence-corrected chi connectivity index (χ0v) is 23.1. The van der Waals surface area contributed by atoms with Gasteiger partial charge < -0.3 is 15.2 Å². The molecule has 196 valence electrons. The topological polar surface area (TPSA) is 64.3 Å². The Morgan fingerprint density at radius 1 is 1.05 bits per heavy atom. The van der Waals surface area contributed by atoms with Crippen molar-refractivity contribution in [2.75, 3.05) is 23.3 Å². The van der Waals surface area contributed by atoms with Gasteiger partial charge in [-0.25, -0.2) is 4.98 Å². The van der Waals surface area contributed by atoms with Crippen molar-refractivity contribution in [1.29, 1.82) is 0 Å². The van der Waals surface area contributed by atoms with E-state index in [0.29, 0.717) is 6.04 Å². The molecule has 6 nitrogen and oxygen atoms in total. The summed E-state index contributed by atoms with van der Waals surface area (Å²) in [4.78, 5) is 27.0. The van der Waals surface area contributed by atoms with Crippen LogP contribution in [-0.4, -0.2) is 39.9 Å². The number of amides is 1. The molecule has 0 fully saturated rings. The van der Waals surface area contributed by atoms with E-state index in [2.05, 4.69) is 87.5 Å². The molecule has 1 amide bonds. The lowest BCUT2D eigenvalue weighted by atomic mass is 10.0. The van der Waals surface area contributed by atoms with Gasteiger partial charge in [0, 0.05) is 52.9 Å². The molecule has 0 bridgehead atoms. The van der Waals surface area contributed by atoms with Crippen LogP contribution in [0, 0.1) is 0 Å². The highest BCUT2D eigenvalue weighted by Gasteiger charge is 2.26. The van der Waals surface area contributed by atoms with Crippen LogP contribution < -0.4 is 10.2 Å². The second-order valence-electron chi connectivity index (χ2n) is 9.58. The number of fused-ring (bicyclic) bond motifs is 2. The van der Waals surface area contributed by atoms with Crippen LogP contribution in [0.1, 0.15) is 39.4 Å². The molecular formula is C31H35N5OS. The van der Waals surface area contributed by atoms with E-state index in [4.69, 9.17) is 0 Å². The highest BCUT2D eigenvalue weighted by molar-refractivity contribution is 7.99. The Morgan fingerprint density at radius 2 is 1.84 bits per heavy atom. The minimum absolute atomic E-state index is 0.0662. The fourth-order valence-corrected chi connectivity index (χ4v) is 6.41. The molecule has 1 aliphatic heterocycles. The number of benzene rings is 3. The molecule has 3 aromatic carbocycles. The van der Waals surface area contributed by atoms with Crippen molar-refractivity contribution in [2.24, 2.45) is 0 Å². The van der Waals surface area contributed by atoms with Crippen molar-refractivity contribution in [1.82, 2.24) is 14.9 Å². The molecular weight excluding hydrogens is 490 g/mol. The Kier molecular flexibility index (Phi) is 8.15. The van der Waals surface area contributed by atoms with E-state index in [1.807, 2.05) is 42.4 Å². The zero-order valence-electron chi connectivity index (χ0n) is 22.3. The van der Waals surface area contributed by atoms with Gasteiger partial charge in [0.1, 0.15) is 5.82 Å². The average molecular weight is 526 g/mol. The standard InChI is InChI=1S/C31H35N5OS/c1-4-24(35(5-2)21-31-32-17-18-33-31)16-19-36-27-12-8-9-13-29(27)38-30-20-23(14-15-28(30)36)25-10-6-7-11-26(25)34-22(3)37/h6-15,17-18,20,24H,4-5,16,19,21H2,1-3H3,(H,32,33)(H,34,37). The fraction of sp³-hybridized carbons (Fsp3) is 0.290. The smallest absolute Gasteiger partial charge is 0.221 e. The Balaban J connectivity index is 1.43. The largest absolute Gasteiger partial charge is 0.348 e. The van der Waals surface area contributed by atoms with Gasteiger partial charge in [-0.2, -0.15) is 0 Å². The van der Waals surface area contributed by atoms with Crippen LogP contribution in [0.15, 0.2) is 88.9 Å². The molecule has 1 unspecified atom stereocenters. The second-order valence-corrected chi connectivity index (χ2v) is 10.7. The number of nitrogens with zero attached hydrogens (tertiary/aromatic N) is 3. The normalized spacial score (nSPS) is 13.2. The van der Waals surface area contributed by atoms with Crippen molar-refractivity contribution in [3.05, 3.63) is 84.9 Å². The van der Waals surface area contributed by atoms with Crippen LogP contribution in [-0.2, 0) is 11.3 Å². The molecule has 0 saturated carbocycles. The molecule has 0 saturated heterocycles. The molecule has 7 heteroatoms. The van der Waals surface area contributed by atoms with Gasteiger partial charge in [0.15, 0.2) is 0 Å². The lowest BCUT2D eigenvalue weighted by molar-refractivity contribution is -0.114. The summed E-state index contributed by atoms with van der Waals surface area (Å²) in [5, 5.41) is 2.98. The second kappa shape index (κ2) is 11.9. The van der Waals surface area contributed by atoms with E-state index in [1.54, 1.807) is 6.92 Å². The minimum atomic E-state index is -0.0662. The maximum atomic E-state index is 11.8. The van der Waals surface area contributed by atoms with Crippen LogP contribution in [0.25, 0.3) is 11.1 Å². The molecule has 1 aromatic heterocycles. The van der Waals surface area contributed by atoms with Crippen LogP contribution in [0.2, 0.25) is 0 Å². The average Bonchev–Trinajstić information content (AvgIpc) is 3.45. The molecule has 38 heavy (non-hydrogen) atoms. The molecule has 2 heterocycles. The summed E-state index contributed by atoms with van der Waals surface area (Å²) in [6.45, 7) is 8.81. The van der Waals surface area contributed by atoms with Gasteiger partial charge in [0.05, 0.1) is 17.9 Å². The van der Waals surface area contributed by atoms with E-state index in [0.717, 1.165) is 55.1 Å². The maximum Gasteiger partial charge on any atom is 0.221 e. The number of para-hydroxylation sites is 2. The van der Waals surface area contributed by atoms with E-state index >= 15 is 0 Å². The third kappa shape index (κ3) is 5.64. The molecule has 5 rings (SSSR count). The van der Waals surface area contributed by atoms with Crippen LogP contribution >= 0.6 is 11.8 Å². The summed E-state index contributed by atoms with van der Waals surface area (Å²) >= 11 is 1.82. The van der Waals surface area contributed by atoms with Gasteiger partial charge >= 0.3 is 0 Å². The SMILES string of the molecule is CCC(CCN1c2ccccc2Sc2cc(-c3ccccc3NC(C)=O)ccc21)N(CC)Cc1ncc[nH]1. The zero-order chi connectivity index (χ0) is 26.5. The summed E-state index contributed by atoms with van der Waals surface area (Å²) in [7, 11) is 0. The number of hydrogen-bond acceptors (Lipinski definition) is 5. The first-order valence-corrected chi connectivity index (χ1v) is 14.2. The predicted octanol–water partition coefficient (Wildman–Crippen LogP) is 7.33. The van der Waals surface area contributed by atoms with Gasteiger partial charge in [-0.1, -0.05) is 62.0 Å². The van der Waals surface area contributed by atoms with Gasteiger partial charge in [-0.15, -0.1) is 0 Å². The van der Waals surface area contributed by atoms with Gasteiger partial charge in [0.2, 0.25) is 5.91 Å². The fourth-order valence-electron chi connectivity index (χ4n) is 5.27. The molecule has 0 aliphatic carbocycles. The van der Waals surface area contributed by atoms with Gasteiger partial charge in [-0.05, 0) is 55.3 Å². The molecule has 1 atom stereocenters. The van der Waals surface area contributed by atoms with Crippen molar-refractivity contribution in [3.63, 3.8) is 0 Å². The summed E-state index contributed by atoms with van der Waals surface area (Å²) in [5.74, 6) is 0.950. The van der Waals surface area contributed by atoms with E-state index in [9.17, 15) is 4.79 Å². The minimum Gasteiger partial charge on any atom is -0.348 e. The number of imidazole rings is 1. The number of anilines is 3. The van der Waals surface area contributed by atoms with E-state index in [1.165, 1.54) is 21.2 Å². The summed E-state index contributed by atoms with van der Waals surface area (Å²) in [6.07, 6.45) is 5.86. The molecule has 1 aliphatic rings. The molecule has 2 N–H and O–H groups in total. The Morgan fingerprint density at radius 3 is 2.61 bits per heavy atom. The van der Waals surface area contributed by atoms with Crippen LogP contribution in [0.3, 0.4) is 0 Å². The number of carbonyl (C=O) groups excluding carboxylic acids is 1. The number of H-pyrrole nitrogens is 1. The number of nitrogens with one attached hydrogen (secondary N) is 2. The first-order chi connectivity index (χ1) is 18.6. The third-order valence-corrected chi connectivity index (χ3v) is 8.27. The Hall–Kier alpha value is -3.55. The number of aromatic amines is 1. The summed E-state index contributed by atoms with van der Waals surface area (Å²) in [5.41, 5.74) is 5.46. The monoisotopic (exact) mass is 525 g/mol. The quantitative estimate of drug-likeness (QED) is 0.227. The van der Waals surface area contributed by atoms with Gasteiger partial charge in [-0.3, -0.25) is 9.69 Å². The molecule has 4 aromatic rings. The molecule has 0 spiro atoms. The number of rotatable bonds is 10. The lowest BCUT2D eigenvalue weighted by Crippen LogP contribution is -2.37. The first-order valence-electron chi connectivity index (χ1n) is 13.3. The van der Waals surface area contributed by atoms with Crippen molar-refractivity contribution in [2.45, 2.75) is 56.0 Å². The Bertz CT molecular complexity index is 1390. The van der Waals surface area contributed by atoms with Gasteiger partial charge in [0.25, 0.3) is 0 Å². The van der Waals surface area contributed by atoms with Crippen LogP contribution in [0.5, 0.6) is 0 Å². The van der Waals surface area contributed by atoms with E-state index in [-0.39, 0.29) is 5.91 Å². The van der Waals surface area contributed by atoms with E-state index < -0.39 is 0 Å². The first kappa shape index (κ1) is 26.1. The summed E-state index contributed by atoms with van der Waals surface area (Å²) in [6, 6.07) is 23.8. The number of carbonyl (C=O) groups is 1. The van der Waals surface area contributed by atoms with Crippen molar-refractivity contribution >= 4 is 34.7 Å².